The highest BCUT2D eigenvalue weighted by molar-refractivity contribution is 8.00. The topological polar surface area (TPSA) is 111 Å². The number of fused-ring (bicyclic) bond motifs is 1. The van der Waals surface area contributed by atoms with Gasteiger partial charge in [-0.15, -0.1) is 11.8 Å². The van der Waals surface area contributed by atoms with Gasteiger partial charge in [0.2, 0.25) is 11.8 Å². The Morgan fingerprint density at radius 3 is 2.61 bits per heavy atom. The van der Waals surface area contributed by atoms with Crippen molar-refractivity contribution < 1.29 is 24.0 Å². The van der Waals surface area contributed by atoms with Gasteiger partial charge in [-0.1, -0.05) is 30.3 Å². The number of rotatable bonds is 8. The third-order valence-electron chi connectivity index (χ3n) is 6.13. The Bertz CT molecular complexity index is 1080. The first-order valence-corrected chi connectivity index (χ1v) is 11.6. The Morgan fingerprint density at radius 1 is 1.24 bits per heavy atom. The molecule has 0 saturated carbocycles. The van der Waals surface area contributed by atoms with Gasteiger partial charge < -0.3 is 19.7 Å². The number of hydrogen-bond acceptors (Lipinski definition) is 7. The SMILES string of the molecule is COc1cc(CCNC(=O)[C@H]2CS[C@@]3(c4ccccc4)CCC(=O)N23)c([N+](=O)[O-])cc1OC. The van der Waals surface area contributed by atoms with E-state index in [9.17, 15) is 19.7 Å². The second-order valence-electron chi connectivity index (χ2n) is 7.87. The van der Waals surface area contributed by atoms with Gasteiger partial charge in [0.15, 0.2) is 11.5 Å². The van der Waals surface area contributed by atoms with Gasteiger partial charge in [0.1, 0.15) is 10.9 Å². The number of carbonyl (C=O) groups excluding carboxylic acids is 2. The molecule has 174 valence electrons. The van der Waals surface area contributed by atoms with Gasteiger partial charge in [0, 0.05) is 24.3 Å². The van der Waals surface area contributed by atoms with Crippen LogP contribution in [-0.4, -0.2) is 54.2 Å². The maximum Gasteiger partial charge on any atom is 0.276 e. The fourth-order valence-electron chi connectivity index (χ4n) is 4.55. The lowest BCUT2D eigenvalue weighted by Gasteiger charge is -2.34. The molecule has 10 heteroatoms. The number of hydrogen-bond donors (Lipinski definition) is 1. The van der Waals surface area contributed by atoms with Crippen molar-refractivity contribution in [1.82, 2.24) is 10.2 Å². The maximum absolute atomic E-state index is 13.0. The molecule has 2 aliphatic rings. The van der Waals surface area contributed by atoms with Crippen LogP contribution in [0.2, 0.25) is 0 Å². The van der Waals surface area contributed by atoms with Crippen molar-refractivity contribution in [3.05, 3.63) is 63.7 Å². The number of ether oxygens (including phenoxy) is 2. The van der Waals surface area contributed by atoms with Gasteiger partial charge in [-0.05, 0) is 24.5 Å². The summed E-state index contributed by atoms with van der Waals surface area (Å²) in [6.07, 6.45) is 1.31. The van der Waals surface area contributed by atoms with Gasteiger partial charge in [-0.25, -0.2) is 0 Å². The molecule has 2 aromatic carbocycles. The van der Waals surface area contributed by atoms with Crippen LogP contribution in [0, 0.1) is 10.1 Å². The molecule has 2 saturated heterocycles. The van der Waals surface area contributed by atoms with Crippen LogP contribution in [0.25, 0.3) is 0 Å². The van der Waals surface area contributed by atoms with Crippen molar-refractivity contribution in [2.45, 2.75) is 30.2 Å². The summed E-state index contributed by atoms with van der Waals surface area (Å²) in [4.78, 5) is 38.0. The molecule has 0 spiro atoms. The number of nitro groups is 1. The number of benzene rings is 2. The van der Waals surface area contributed by atoms with E-state index in [2.05, 4.69) is 5.32 Å². The maximum atomic E-state index is 13.0. The van der Waals surface area contributed by atoms with Gasteiger partial charge >= 0.3 is 0 Å². The summed E-state index contributed by atoms with van der Waals surface area (Å²) in [7, 11) is 2.87. The molecule has 0 unspecified atom stereocenters. The van der Waals surface area contributed by atoms with E-state index in [0.717, 1.165) is 5.56 Å². The molecule has 0 bridgehead atoms. The number of nitrogens with one attached hydrogen (secondary N) is 1. The molecule has 2 aromatic rings. The van der Waals surface area contributed by atoms with Gasteiger partial charge in [-0.2, -0.15) is 0 Å². The first kappa shape index (κ1) is 22.9. The fourth-order valence-corrected chi connectivity index (χ4v) is 6.21. The van der Waals surface area contributed by atoms with E-state index >= 15 is 0 Å². The minimum atomic E-state index is -0.578. The Morgan fingerprint density at radius 2 is 1.94 bits per heavy atom. The van der Waals surface area contributed by atoms with Crippen LogP contribution < -0.4 is 14.8 Å². The van der Waals surface area contributed by atoms with Crippen molar-refractivity contribution in [3.63, 3.8) is 0 Å². The van der Waals surface area contributed by atoms with Crippen LogP contribution in [0.15, 0.2) is 42.5 Å². The first-order chi connectivity index (χ1) is 15.9. The summed E-state index contributed by atoms with van der Waals surface area (Å²) in [5.74, 6) is 0.873. The number of methoxy groups -OCH3 is 2. The molecule has 33 heavy (non-hydrogen) atoms. The molecule has 9 nitrogen and oxygen atoms in total. The highest BCUT2D eigenvalue weighted by atomic mass is 32.2. The third kappa shape index (κ3) is 4.10. The lowest BCUT2D eigenvalue weighted by Crippen LogP contribution is -2.50. The average molecular weight is 472 g/mol. The lowest BCUT2D eigenvalue weighted by atomic mass is 10.0. The number of thioether (sulfide) groups is 1. The van der Waals surface area contributed by atoms with Gasteiger partial charge in [0.25, 0.3) is 5.69 Å². The van der Waals surface area contributed by atoms with E-state index < -0.39 is 15.8 Å². The molecular weight excluding hydrogens is 446 g/mol. The Balaban J connectivity index is 1.47. The molecule has 2 heterocycles. The molecule has 4 rings (SSSR count). The third-order valence-corrected chi connectivity index (χ3v) is 7.73. The van der Waals surface area contributed by atoms with Crippen LogP contribution >= 0.6 is 11.8 Å². The van der Waals surface area contributed by atoms with Crippen LogP contribution in [0.3, 0.4) is 0 Å². The van der Waals surface area contributed by atoms with E-state index in [0.29, 0.717) is 29.9 Å². The summed E-state index contributed by atoms with van der Waals surface area (Å²) in [6.45, 7) is 0.191. The van der Waals surface area contributed by atoms with Crippen LogP contribution in [-0.2, 0) is 20.9 Å². The number of carbonyl (C=O) groups is 2. The minimum Gasteiger partial charge on any atom is -0.493 e. The van der Waals surface area contributed by atoms with Crippen molar-refractivity contribution in [3.8, 4) is 11.5 Å². The number of nitro benzene ring substituents is 1. The van der Waals surface area contributed by atoms with E-state index in [-0.39, 0.29) is 36.2 Å². The zero-order valence-corrected chi connectivity index (χ0v) is 19.2. The molecule has 2 atom stereocenters. The second-order valence-corrected chi connectivity index (χ2v) is 9.17. The zero-order valence-electron chi connectivity index (χ0n) is 18.4. The predicted molar refractivity (Wildman–Crippen MR) is 123 cm³/mol. The number of amides is 2. The van der Waals surface area contributed by atoms with Crippen LogP contribution in [0.1, 0.15) is 24.0 Å². The van der Waals surface area contributed by atoms with Gasteiger partial charge in [-0.3, -0.25) is 19.7 Å². The lowest BCUT2D eigenvalue weighted by molar-refractivity contribution is -0.385. The predicted octanol–water partition coefficient (Wildman–Crippen LogP) is 2.86. The molecule has 0 radical (unpaired) electrons. The Labute approximate surface area is 195 Å². The van der Waals surface area contributed by atoms with Gasteiger partial charge in [0.05, 0.1) is 25.2 Å². The van der Waals surface area contributed by atoms with E-state index in [1.807, 2.05) is 30.3 Å². The molecular formula is C23H25N3O6S. The summed E-state index contributed by atoms with van der Waals surface area (Å²) in [5, 5.41) is 14.4. The summed E-state index contributed by atoms with van der Waals surface area (Å²) in [6, 6.07) is 12.1. The first-order valence-electron chi connectivity index (χ1n) is 10.6. The molecule has 2 fully saturated rings. The molecule has 0 aromatic heterocycles. The standard InChI is InChI=1S/C23H25N3O6S/c1-31-19-12-15(17(26(29)30)13-20(19)32-2)9-11-24-22(28)18-14-33-23(10-8-21(27)25(18)23)16-6-4-3-5-7-16/h3-7,12-13,18H,8-11,14H2,1-2H3,(H,24,28)/t18-,23-/m1/s1. The van der Waals surface area contributed by atoms with Crippen molar-refractivity contribution in [2.24, 2.45) is 0 Å². The molecule has 0 aliphatic carbocycles. The molecule has 2 aliphatic heterocycles. The van der Waals surface area contributed by atoms with Crippen molar-refractivity contribution >= 4 is 29.3 Å². The second kappa shape index (κ2) is 9.30. The van der Waals surface area contributed by atoms with E-state index in [1.54, 1.807) is 22.7 Å². The largest absolute Gasteiger partial charge is 0.493 e. The zero-order chi connectivity index (χ0) is 23.6. The Hall–Kier alpha value is -3.27. The molecule has 1 N–H and O–H groups in total. The average Bonchev–Trinajstić information content (AvgIpc) is 3.38. The van der Waals surface area contributed by atoms with Crippen LogP contribution in [0.4, 0.5) is 5.69 Å². The van der Waals surface area contributed by atoms with Crippen molar-refractivity contribution in [2.75, 3.05) is 26.5 Å². The summed E-state index contributed by atoms with van der Waals surface area (Å²) in [5.41, 5.74) is 1.35. The number of nitrogens with zero attached hydrogens (tertiary/aromatic N) is 2. The summed E-state index contributed by atoms with van der Waals surface area (Å²) >= 11 is 1.62. The van der Waals surface area contributed by atoms with E-state index in [1.165, 1.54) is 20.3 Å². The monoisotopic (exact) mass is 471 g/mol. The van der Waals surface area contributed by atoms with Crippen LogP contribution in [0.5, 0.6) is 11.5 Å². The quantitative estimate of drug-likeness (QED) is 0.465. The molecule has 2 amide bonds. The highest BCUT2D eigenvalue weighted by Gasteiger charge is 2.56. The highest BCUT2D eigenvalue weighted by Crippen LogP contribution is 2.54. The van der Waals surface area contributed by atoms with E-state index in [4.69, 9.17) is 9.47 Å². The minimum absolute atomic E-state index is 0.0282. The summed E-state index contributed by atoms with van der Waals surface area (Å²) < 4.78 is 10.4. The normalized spacial score (nSPS) is 21.6. The van der Waals surface area contributed by atoms with Crippen molar-refractivity contribution in [1.29, 1.82) is 0 Å². The fraction of sp³-hybridized carbons (Fsp3) is 0.391. The Kier molecular flexibility index (Phi) is 6.46. The smallest absolute Gasteiger partial charge is 0.276 e.